The molecule has 43 heavy (non-hydrogen) atoms. The molecule has 0 aliphatic carbocycles. The van der Waals surface area contributed by atoms with Crippen molar-refractivity contribution in [3.8, 4) is 0 Å². The molecule has 0 fully saturated rings. The van der Waals surface area contributed by atoms with Gasteiger partial charge in [-0.25, -0.2) is 0 Å². The fraction of sp³-hybridized carbons (Fsp3) is 0.743. The summed E-state index contributed by atoms with van der Waals surface area (Å²) >= 11 is 0. The highest BCUT2D eigenvalue weighted by atomic mass is 32.2. The number of allylic oxidation sites excluding steroid dienone is 7. The predicted octanol–water partition coefficient (Wildman–Crippen LogP) is 8.15. The Morgan fingerprint density at radius 1 is 0.674 bits per heavy atom. The lowest BCUT2D eigenvalue weighted by Gasteiger charge is -2.22. The molecule has 0 rings (SSSR count). The van der Waals surface area contributed by atoms with Gasteiger partial charge in [-0.05, 0) is 64.7 Å². The van der Waals surface area contributed by atoms with E-state index < -0.39 is 40.0 Å². The van der Waals surface area contributed by atoms with E-state index >= 15 is 0 Å². The van der Waals surface area contributed by atoms with Crippen LogP contribution in [0.4, 0.5) is 0 Å². The van der Waals surface area contributed by atoms with Crippen molar-refractivity contribution in [2.75, 3.05) is 5.75 Å². The van der Waals surface area contributed by atoms with E-state index in [0.717, 1.165) is 51.4 Å². The molecule has 0 radical (unpaired) electrons. The summed E-state index contributed by atoms with van der Waals surface area (Å²) in [6.07, 6.45) is 34.8. The molecule has 0 aromatic rings. The number of hydrogen-bond donors (Lipinski definition) is 4. The van der Waals surface area contributed by atoms with Crippen LogP contribution in [0.25, 0.3) is 0 Å². The number of aliphatic hydroxyl groups is 2. The second kappa shape index (κ2) is 29.0. The molecule has 0 aromatic carbocycles. The minimum Gasteiger partial charge on any atom is -0.387 e. The first kappa shape index (κ1) is 41.3. The van der Waals surface area contributed by atoms with Gasteiger partial charge >= 0.3 is 0 Å². The lowest BCUT2D eigenvalue weighted by Crippen LogP contribution is -2.50. The van der Waals surface area contributed by atoms with Crippen molar-refractivity contribution >= 4 is 16.0 Å². The van der Waals surface area contributed by atoms with E-state index in [0.29, 0.717) is 12.8 Å². The normalized spacial score (nSPS) is 14.8. The first-order chi connectivity index (χ1) is 20.7. The number of rotatable bonds is 29. The van der Waals surface area contributed by atoms with E-state index in [1.54, 1.807) is 6.08 Å². The van der Waals surface area contributed by atoms with Crippen molar-refractivity contribution in [2.45, 2.75) is 161 Å². The zero-order valence-corrected chi connectivity index (χ0v) is 28.0. The summed E-state index contributed by atoms with van der Waals surface area (Å²) in [4.78, 5) is 12.5. The molecule has 3 unspecified atom stereocenters. The maximum atomic E-state index is 12.5. The van der Waals surface area contributed by atoms with Gasteiger partial charge in [-0.15, -0.1) is 0 Å². The predicted molar refractivity (Wildman–Crippen MR) is 181 cm³/mol. The maximum Gasteiger partial charge on any atom is 0.267 e. The molecular weight excluding hydrogens is 562 g/mol. The molecule has 0 heterocycles. The lowest BCUT2D eigenvalue weighted by atomic mass is 10.1. The van der Waals surface area contributed by atoms with Crippen LogP contribution in [0.3, 0.4) is 0 Å². The number of carbonyl (C=O) groups is 1. The fourth-order valence-corrected chi connectivity index (χ4v) is 5.52. The number of unbranched alkanes of at least 4 members (excludes halogenated alkanes) is 15. The Morgan fingerprint density at radius 2 is 1.14 bits per heavy atom. The van der Waals surface area contributed by atoms with Crippen LogP contribution in [0, 0.1) is 0 Å². The van der Waals surface area contributed by atoms with Crippen molar-refractivity contribution in [1.82, 2.24) is 5.32 Å². The summed E-state index contributed by atoms with van der Waals surface area (Å²) < 4.78 is 32.2. The molecule has 7 nitrogen and oxygen atoms in total. The smallest absolute Gasteiger partial charge is 0.267 e. The Labute approximate surface area is 263 Å². The third kappa shape index (κ3) is 28.8. The lowest BCUT2D eigenvalue weighted by molar-refractivity contribution is -0.130. The molecule has 8 heteroatoms. The number of aliphatic hydroxyl groups excluding tert-OH is 2. The van der Waals surface area contributed by atoms with Crippen LogP contribution in [0.2, 0.25) is 0 Å². The van der Waals surface area contributed by atoms with E-state index in [4.69, 9.17) is 0 Å². The number of nitrogens with one attached hydrogen (secondary N) is 1. The molecule has 0 bridgehead atoms. The molecule has 0 aliphatic rings. The second-order valence-corrected chi connectivity index (χ2v) is 13.1. The molecule has 0 aromatic heterocycles. The maximum absolute atomic E-state index is 12.5. The largest absolute Gasteiger partial charge is 0.387 e. The van der Waals surface area contributed by atoms with E-state index in [1.165, 1.54) is 63.9 Å². The summed E-state index contributed by atoms with van der Waals surface area (Å²) in [5, 5.41) is 23.1. The zero-order valence-electron chi connectivity index (χ0n) is 27.2. The fourth-order valence-electron chi connectivity index (χ4n) is 4.78. The van der Waals surface area contributed by atoms with Gasteiger partial charge in [-0.1, -0.05) is 126 Å². The first-order valence-corrected chi connectivity index (χ1v) is 18.5. The van der Waals surface area contributed by atoms with Crippen molar-refractivity contribution in [2.24, 2.45) is 0 Å². The van der Waals surface area contributed by atoms with E-state index in [1.807, 2.05) is 19.1 Å². The van der Waals surface area contributed by atoms with Gasteiger partial charge in [0.05, 0.1) is 17.9 Å². The Balaban J connectivity index is 4.15. The van der Waals surface area contributed by atoms with Gasteiger partial charge in [-0.2, -0.15) is 8.42 Å². The van der Waals surface area contributed by atoms with Gasteiger partial charge in [0.2, 0.25) is 5.91 Å². The summed E-state index contributed by atoms with van der Waals surface area (Å²) in [6, 6.07) is -1.26. The average molecular weight is 626 g/mol. The average Bonchev–Trinajstić information content (AvgIpc) is 2.96. The van der Waals surface area contributed by atoms with Crippen molar-refractivity contribution < 1.29 is 28.0 Å². The Morgan fingerprint density at radius 3 is 1.67 bits per heavy atom. The van der Waals surface area contributed by atoms with E-state index in [2.05, 4.69) is 36.5 Å². The highest BCUT2D eigenvalue weighted by Gasteiger charge is 2.27. The summed E-state index contributed by atoms with van der Waals surface area (Å²) in [5.41, 5.74) is 0. The van der Waals surface area contributed by atoms with Gasteiger partial charge < -0.3 is 15.5 Å². The van der Waals surface area contributed by atoms with E-state index in [-0.39, 0.29) is 6.42 Å². The minimum absolute atomic E-state index is 0.255. The molecular formula is C35H63NO6S. The zero-order chi connectivity index (χ0) is 32.0. The molecule has 4 N–H and O–H groups in total. The van der Waals surface area contributed by atoms with Crippen molar-refractivity contribution in [3.63, 3.8) is 0 Å². The van der Waals surface area contributed by atoms with Crippen molar-refractivity contribution in [1.29, 1.82) is 0 Å². The monoisotopic (exact) mass is 625 g/mol. The molecule has 0 spiro atoms. The van der Waals surface area contributed by atoms with Crippen LogP contribution in [0.5, 0.6) is 0 Å². The Bertz CT molecular complexity index is 881. The van der Waals surface area contributed by atoms with Gasteiger partial charge in [0, 0.05) is 0 Å². The number of carbonyl (C=O) groups excluding carboxylic acids is 1. The molecule has 0 saturated heterocycles. The topological polar surface area (TPSA) is 124 Å². The van der Waals surface area contributed by atoms with Crippen LogP contribution in [-0.2, 0) is 14.9 Å². The number of hydrogen-bond acceptors (Lipinski definition) is 5. The summed E-state index contributed by atoms with van der Waals surface area (Å²) in [7, 11) is -4.45. The SMILES string of the molecule is C/C=C/CC/C=C/CC/C=C/C(O)C(CS(=O)(=O)O)NC(=O)C(O)CCCCCC/C=C\CCCCCCCCCCC. The van der Waals surface area contributed by atoms with Gasteiger partial charge in [0.1, 0.15) is 6.10 Å². The molecule has 0 aliphatic heterocycles. The Hall–Kier alpha value is -1.74. The molecule has 250 valence electrons. The molecule has 1 amide bonds. The molecule has 3 atom stereocenters. The van der Waals surface area contributed by atoms with Gasteiger partial charge in [0.25, 0.3) is 10.1 Å². The quantitative estimate of drug-likeness (QED) is 0.0378. The van der Waals surface area contributed by atoms with Crippen molar-refractivity contribution in [3.05, 3.63) is 48.6 Å². The van der Waals surface area contributed by atoms with Crippen LogP contribution < -0.4 is 5.32 Å². The third-order valence-electron chi connectivity index (χ3n) is 7.41. The van der Waals surface area contributed by atoms with Gasteiger partial charge in [0.15, 0.2) is 0 Å². The van der Waals surface area contributed by atoms with Crippen LogP contribution in [0.1, 0.15) is 142 Å². The van der Waals surface area contributed by atoms with Crippen LogP contribution in [-0.4, -0.2) is 53.1 Å². The van der Waals surface area contributed by atoms with E-state index in [9.17, 15) is 28.0 Å². The first-order valence-electron chi connectivity index (χ1n) is 16.9. The minimum atomic E-state index is -4.45. The van der Waals surface area contributed by atoms with Crippen LogP contribution >= 0.6 is 0 Å². The Kier molecular flexibility index (Phi) is 27.8. The number of amides is 1. The second-order valence-electron chi connectivity index (χ2n) is 11.6. The van der Waals surface area contributed by atoms with Crippen LogP contribution in [0.15, 0.2) is 48.6 Å². The standard InChI is InChI=1S/C35H63NO6S/c1-3-5-7-9-11-13-14-15-16-17-18-19-20-22-24-26-28-30-34(38)35(39)36-32(31-43(40,41)42)33(37)29-27-25-23-21-12-10-8-6-4-2/h4,6,12,18-19,21,27,29,32-34,37-38H,3,5,7-11,13-17,20,22-26,28,30-31H2,1-2H3,(H,36,39)(H,40,41,42)/b6-4+,19-18-,21-12+,29-27+. The highest BCUT2D eigenvalue weighted by Crippen LogP contribution is 2.12. The summed E-state index contributed by atoms with van der Waals surface area (Å²) in [5.74, 6) is -1.58. The third-order valence-corrected chi connectivity index (χ3v) is 8.19. The summed E-state index contributed by atoms with van der Waals surface area (Å²) in [6.45, 7) is 4.24. The highest BCUT2D eigenvalue weighted by molar-refractivity contribution is 7.85. The van der Waals surface area contributed by atoms with Gasteiger partial charge in [-0.3, -0.25) is 9.35 Å². The molecule has 0 saturated carbocycles.